The van der Waals surface area contributed by atoms with Gasteiger partial charge in [0.15, 0.2) is 0 Å². The van der Waals surface area contributed by atoms with Crippen LogP contribution in [0.1, 0.15) is 32.3 Å². The largest absolute Gasteiger partial charge is 0.374 e. The third-order valence-corrected chi connectivity index (χ3v) is 4.23. The number of hydrogen-bond acceptors (Lipinski definition) is 4. The van der Waals surface area contributed by atoms with Gasteiger partial charge in [0.05, 0.1) is 18.9 Å². The standard InChI is InChI=1S/C16H30N4O/c1-4-8-17-15(7-6-14-11-18-19(3)12-14)16-13-20(5-2)9-10-21-16/h11-12,15-17H,4-10,13H2,1-3H3. The molecule has 2 unspecified atom stereocenters. The smallest absolute Gasteiger partial charge is 0.0855 e. The van der Waals surface area contributed by atoms with Crippen molar-refractivity contribution < 1.29 is 4.74 Å². The molecule has 2 atom stereocenters. The van der Waals surface area contributed by atoms with Crippen molar-refractivity contribution in [1.82, 2.24) is 20.0 Å². The molecule has 1 fully saturated rings. The van der Waals surface area contributed by atoms with Crippen LogP contribution in [-0.4, -0.2) is 59.6 Å². The summed E-state index contributed by atoms with van der Waals surface area (Å²) in [6, 6.07) is 0.430. The van der Waals surface area contributed by atoms with Crippen molar-refractivity contribution in [3.8, 4) is 0 Å². The molecule has 0 aliphatic carbocycles. The molecule has 0 saturated carbocycles. The summed E-state index contributed by atoms with van der Waals surface area (Å²) in [5.41, 5.74) is 1.31. The number of hydrogen-bond donors (Lipinski definition) is 1. The molecule has 5 heteroatoms. The lowest BCUT2D eigenvalue weighted by molar-refractivity contribution is -0.0460. The number of nitrogens with one attached hydrogen (secondary N) is 1. The fourth-order valence-corrected chi connectivity index (χ4v) is 2.93. The zero-order chi connectivity index (χ0) is 15.1. The molecule has 1 aliphatic heterocycles. The Kier molecular flexibility index (Phi) is 6.67. The molecule has 21 heavy (non-hydrogen) atoms. The third-order valence-electron chi connectivity index (χ3n) is 4.23. The summed E-state index contributed by atoms with van der Waals surface area (Å²) in [6.45, 7) is 9.58. The molecule has 0 spiro atoms. The van der Waals surface area contributed by atoms with E-state index in [1.165, 1.54) is 5.56 Å². The minimum absolute atomic E-state index is 0.307. The summed E-state index contributed by atoms with van der Waals surface area (Å²) in [6.07, 6.45) is 7.71. The second kappa shape index (κ2) is 8.51. The van der Waals surface area contributed by atoms with Crippen LogP contribution < -0.4 is 5.32 Å². The van der Waals surface area contributed by atoms with E-state index >= 15 is 0 Å². The normalized spacial score (nSPS) is 21.6. The Bertz CT molecular complexity index is 407. The van der Waals surface area contributed by atoms with Gasteiger partial charge < -0.3 is 10.1 Å². The second-order valence-corrected chi connectivity index (χ2v) is 5.92. The van der Waals surface area contributed by atoms with E-state index in [1.807, 2.05) is 17.9 Å². The fraction of sp³-hybridized carbons (Fsp3) is 0.812. The van der Waals surface area contributed by atoms with Crippen molar-refractivity contribution in [3.63, 3.8) is 0 Å². The van der Waals surface area contributed by atoms with Crippen LogP contribution in [0.2, 0.25) is 0 Å². The first-order chi connectivity index (χ1) is 10.2. The van der Waals surface area contributed by atoms with Gasteiger partial charge in [0, 0.05) is 32.4 Å². The lowest BCUT2D eigenvalue weighted by Crippen LogP contribution is -2.52. The van der Waals surface area contributed by atoms with Crippen molar-refractivity contribution in [3.05, 3.63) is 18.0 Å². The molecule has 120 valence electrons. The quantitative estimate of drug-likeness (QED) is 0.788. The summed E-state index contributed by atoms with van der Waals surface area (Å²) < 4.78 is 7.91. The molecule has 1 aromatic heterocycles. The predicted octanol–water partition coefficient (Wildman–Crippen LogP) is 1.44. The first kappa shape index (κ1) is 16.5. The van der Waals surface area contributed by atoms with Crippen LogP contribution in [0, 0.1) is 0 Å². The predicted molar refractivity (Wildman–Crippen MR) is 85.5 cm³/mol. The van der Waals surface area contributed by atoms with Gasteiger partial charge in [-0.15, -0.1) is 0 Å². The molecule has 5 nitrogen and oxygen atoms in total. The third kappa shape index (κ3) is 5.09. The Morgan fingerprint density at radius 2 is 2.33 bits per heavy atom. The number of ether oxygens (including phenoxy) is 1. The minimum Gasteiger partial charge on any atom is -0.374 e. The van der Waals surface area contributed by atoms with Crippen LogP contribution in [0.15, 0.2) is 12.4 Å². The maximum absolute atomic E-state index is 6.04. The lowest BCUT2D eigenvalue weighted by atomic mass is 10.0. The highest BCUT2D eigenvalue weighted by atomic mass is 16.5. The fourth-order valence-electron chi connectivity index (χ4n) is 2.93. The molecule has 0 radical (unpaired) electrons. The van der Waals surface area contributed by atoms with Gasteiger partial charge in [-0.2, -0.15) is 5.10 Å². The average Bonchev–Trinajstić information content (AvgIpc) is 2.93. The van der Waals surface area contributed by atoms with Crippen LogP contribution >= 0.6 is 0 Å². The molecule has 1 N–H and O–H groups in total. The van der Waals surface area contributed by atoms with E-state index in [0.717, 1.165) is 52.0 Å². The van der Waals surface area contributed by atoms with Gasteiger partial charge in [-0.05, 0) is 37.9 Å². The number of morpholine rings is 1. The highest BCUT2D eigenvalue weighted by molar-refractivity contribution is 5.04. The van der Waals surface area contributed by atoms with E-state index in [0.29, 0.717) is 12.1 Å². The van der Waals surface area contributed by atoms with Crippen LogP contribution in [0.25, 0.3) is 0 Å². The maximum atomic E-state index is 6.04. The van der Waals surface area contributed by atoms with E-state index in [-0.39, 0.29) is 0 Å². The van der Waals surface area contributed by atoms with Gasteiger partial charge in [-0.25, -0.2) is 0 Å². The van der Waals surface area contributed by atoms with E-state index in [1.54, 1.807) is 0 Å². The van der Waals surface area contributed by atoms with Crippen LogP contribution in [0.4, 0.5) is 0 Å². The Morgan fingerprint density at radius 1 is 1.48 bits per heavy atom. The highest BCUT2D eigenvalue weighted by Gasteiger charge is 2.27. The monoisotopic (exact) mass is 294 g/mol. The van der Waals surface area contributed by atoms with Crippen molar-refractivity contribution in [2.24, 2.45) is 7.05 Å². The number of nitrogens with zero attached hydrogens (tertiary/aromatic N) is 3. The SMILES string of the molecule is CCCNC(CCc1cnn(C)c1)C1CN(CC)CCO1. The molecule has 2 heterocycles. The van der Waals surface area contributed by atoms with Crippen LogP contribution in [-0.2, 0) is 18.2 Å². The van der Waals surface area contributed by atoms with E-state index < -0.39 is 0 Å². The Labute approximate surface area is 128 Å². The lowest BCUT2D eigenvalue weighted by Gasteiger charge is -2.37. The summed E-state index contributed by atoms with van der Waals surface area (Å²) >= 11 is 0. The van der Waals surface area contributed by atoms with E-state index in [2.05, 4.69) is 35.4 Å². The van der Waals surface area contributed by atoms with Gasteiger partial charge in [0.1, 0.15) is 0 Å². The number of rotatable bonds is 8. The van der Waals surface area contributed by atoms with E-state index in [4.69, 9.17) is 4.74 Å². The molecule has 1 aromatic rings. The van der Waals surface area contributed by atoms with Crippen molar-refractivity contribution in [2.45, 2.75) is 45.3 Å². The molecule has 0 aromatic carbocycles. The Morgan fingerprint density at radius 3 is 3.00 bits per heavy atom. The van der Waals surface area contributed by atoms with Gasteiger partial charge in [-0.3, -0.25) is 9.58 Å². The average molecular weight is 294 g/mol. The zero-order valence-electron chi connectivity index (χ0n) is 13.7. The summed E-state index contributed by atoms with van der Waals surface area (Å²) in [4.78, 5) is 2.48. The second-order valence-electron chi connectivity index (χ2n) is 5.92. The van der Waals surface area contributed by atoms with Gasteiger partial charge in [0.2, 0.25) is 0 Å². The minimum atomic E-state index is 0.307. The molecule has 0 bridgehead atoms. The number of aryl methyl sites for hydroxylation is 2. The number of likely N-dealkylation sites (N-methyl/N-ethyl adjacent to an activating group) is 1. The van der Waals surface area contributed by atoms with Crippen LogP contribution in [0.5, 0.6) is 0 Å². The summed E-state index contributed by atoms with van der Waals surface area (Å²) in [7, 11) is 1.97. The Hall–Kier alpha value is -0.910. The topological polar surface area (TPSA) is 42.3 Å². The maximum Gasteiger partial charge on any atom is 0.0855 e. The Balaban J connectivity index is 1.89. The molecule has 1 saturated heterocycles. The first-order valence-electron chi connectivity index (χ1n) is 8.27. The molecule has 0 amide bonds. The zero-order valence-corrected chi connectivity index (χ0v) is 13.7. The van der Waals surface area contributed by atoms with Crippen molar-refractivity contribution in [1.29, 1.82) is 0 Å². The first-order valence-corrected chi connectivity index (χ1v) is 8.27. The van der Waals surface area contributed by atoms with E-state index in [9.17, 15) is 0 Å². The van der Waals surface area contributed by atoms with Crippen molar-refractivity contribution >= 4 is 0 Å². The highest BCUT2D eigenvalue weighted by Crippen LogP contribution is 2.14. The summed E-state index contributed by atoms with van der Waals surface area (Å²) in [5.74, 6) is 0. The van der Waals surface area contributed by atoms with Gasteiger partial charge in [-0.1, -0.05) is 13.8 Å². The molecule has 1 aliphatic rings. The molecule has 2 rings (SSSR count). The number of aromatic nitrogens is 2. The summed E-state index contributed by atoms with van der Waals surface area (Å²) in [5, 5.41) is 7.93. The molecular weight excluding hydrogens is 264 g/mol. The van der Waals surface area contributed by atoms with Crippen LogP contribution in [0.3, 0.4) is 0 Å². The van der Waals surface area contributed by atoms with Gasteiger partial charge >= 0.3 is 0 Å². The van der Waals surface area contributed by atoms with Crippen molar-refractivity contribution in [2.75, 3.05) is 32.8 Å². The molecular formula is C16H30N4O. The van der Waals surface area contributed by atoms with Gasteiger partial charge in [0.25, 0.3) is 0 Å².